The molecule has 1 atom stereocenters. The predicted octanol–water partition coefficient (Wildman–Crippen LogP) is 2.50. The van der Waals surface area contributed by atoms with E-state index in [4.69, 9.17) is 21.1 Å². The average molecular weight is 255 g/mol. The van der Waals surface area contributed by atoms with Crippen LogP contribution in [0.15, 0.2) is 18.2 Å². The summed E-state index contributed by atoms with van der Waals surface area (Å²) >= 11 is 5.96. The molecule has 0 spiro atoms. The molecule has 3 nitrogen and oxygen atoms in total. The molecule has 0 N–H and O–H groups in total. The number of carbonyl (C=O) groups is 1. The number of benzene rings is 1. The van der Waals surface area contributed by atoms with Crippen LogP contribution in [0.4, 0.5) is 0 Å². The zero-order chi connectivity index (χ0) is 12.3. The first kappa shape index (κ1) is 12.4. The summed E-state index contributed by atoms with van der Waals surface area (Å²) in [5.74, 6) is 0.960. The van der Waals surface area contributed by atoms with Crippen molar-refractivity contribution in [3.05, 3.63) is 28.8 Å². The molecule has 4 heteroatoms. The van der Waals surface area contributed by atoms with E-state index in [1.54, 1.807) is 13.2 Å². The Morgan fingerprint density at radius 2 is 2.35 bits per heavy atom. The van der Waals surface area contributed by atoms with Gasteiger partial charge in [0.05, 0.1) is 20.3 Å². The van der Waals surface area contributed by atoms with Crippen molar-refractivity contribution < 1.29 is 14.3 Å². The van der Waals surface area contributed by atoms with Crippen LogP contribution in [0.25, 0.3) is 0 Å². The van der Waals surface area contributed by atoms with Crippen LogP contribution in [-0.2, 0) is 16.0 Å². The number of Topliss-reactive ketones (excluding diaryl/α,β-unsaturated/α-hetero) is 1. The van der Waals surface area contributed by atoms with Crippen molar-refractivity contribution >= 4 is 17.4 Å². The van der Waals surface area contributed by atoms with Crippen molar-refractivity contribution in [1.29, 1.82) is 0 Å². The number of ether oxygens (including phenoxy) is 2. The third-order valence-electron chi connectivity index (χ3n) is 2.98. The maximum atomic E-state index is 11.7. The Balaban J connectivity index is 2.16. The summed E-state index contributed by atoms with van der Waals surface area (Å²) < 4.78 is 10.6. The number of carbonyl (C=O) groups excluding carboxylic acids is 1. The summed E-state index contributed by atoms with van der Waals surface area (Å²) in [6, 6.07) is 5.46. The predicted molar refractivity (Wildman–Crippen MR) is 65.6 cm³/mol. The molecule has 1 fully saturated rings. The molecule has 1 aromatic rings. The maximum Gasteiger partial charge on any atom is 0.140 e. The molecule has 17 heavy (non-hydrogen) atoms. The smallest absolute Gasteiger partial charge is 0.140 e. The highest BCUT2D eigenvalue weighted by molar-refractivity contribution is 6.30. The van der Waals surface area contributed by atoms with Crippen LogP contribution in [0.5, 0.6) is 5.75 Å². The molecule has 0 radical (unpaired) electrons. The molecule has 1 unspecified atom stereocenters. The van der Waals surface area contributed by atoms with E-state index < -0.39 is 0 Å². The molecule has 0 bridgehead atoms. The lowest BCUT2D eigenvalue weighted by Gasteiger charge is -2.21. The Morgan fingerprint density at radius 1 is 1.53 bits per heavy atom. The lowest BCUT2D eigenvalue weighted by molar-refractivity contribution is -0.130. The highest BCUT2D eigenvalue weighted by Gasteiger charge is 2.24. The van der Waals surface area contributed by atoms with Crippen LogP contribution in [0.1, 0.15) is 12.0 Å². The van der Waals surface area contributed by atoms with Gasteiger partial charge in [-0.3, -0.25) is 4.79 Å². The summed E-state index contributed by atoms with van der Waals surface area (Å²) in [4.78, 5) is 11.7. The van der Waals surface area contributed by atoms with Crippen molar-refractivity contribution in [1.82, 2.24) is 0 Å². The minimum absolute atomic E-state index is 0.0730. The van der Waals surface area contributed by atoms with Crippen molar-refractivity contribution in [3.8, 4) is 5.75 Å². The van der Waals surface area contributed by atoms with Crippen LogP contribution in [-0.4, -0.2) is 26.1 Å². The van der Waals surface area contributed by atoms with E-state index in [1.807, 2.05) is 12.1 Å². The van der Waals surface area contributed by atoms with Crippen molar-refractivity contribution in [3.63, 3.8) is 0 Å². The summed E-state index contributed by atoms with van der Waals surface area (Å²) in [6.07, 6.45) is 1.14. The largest absolute Gasteiger partial charge is 0.496 e. The van der Waals surface area contributed by atoms with Crippen LogP contribution < -0.4 is 4.74 Å². The quantitative estimate of drug-likeness (QED) is 0.831. The van der Waals surface area contributed by atoms with Gasteiger partial charge in [-0.05, 0) is 30.2 Å². The van der Waals surface area contributed by atoms with Gasteiger partial charge >= 0.3 is 0 Å². The second-order valence-corrected chi connectivity index (χ2v) is 4.58. The van der Waals surface area contributed by atoms with Gasteiger partial charge in [0.15, 0.2) is 0 Å². The number of hydrogen-bond acceptors (Lipinski definition) is 3. The molecule has 1 heterocycles. The Kier molecular flexibility index (Phi) is 4.02. The second-order valence-electron chi connectivity index (χ2n) is 4.15. The Morgan fingerprint density at radius 3 is 3.06 bits per heavy atom. The molecule has 1 aromatic carbocycles. The van der Waals surface area contributed by atoms with E-state index in [9.17, 15) is 4.79 Å². The number of ketones is 1. The van der Waals surface area contributed by atoms with Gasteiger partial charge < -0.3 is 9.47 Å². The third kappa shape index (κ3) is 2.99. The average Bonchev–Trinajstić information content (AvgIpc) is 2.32. The first-order valence-corrected chi connectivity index (χ1v) is 6.01. The Labute approximate surface area is 106 Å². The van der Waals surface area contributed by atoms with Crippen LogP contribution in [0.2, 0.25) is 5.02 Å². The SMILES string of the molecule is COc1ccc(Cl)cc1CC1COCCC1=O. The molecule has 1 saturated heterocycles. The minimum Gasteiger partial charge on any atom is -0.496 e. The monoisotopic (exact) mass is 254 g/mol. The maximum absolute atomic E-state index is 11.7. The molecule has 0 saturated carbocycles. The molecule has 0 aromatic heterocycles. The highest BCUT2D eigenvalue weighted by atomic mass is 35.5. The number of methoxy groups -OCH3 is 1. The van der Waals surface area contributed by atoms with Gasteiger partial charge in [-0.2, -0.15) is 0 Å². The fraction of sp³-hybridized carbons (Fsp3) is 0.462. The van der Waals surface area contributed by atoms with Gasteiger partial charge in [0.25, 0.3) is 0 Å². The van der Waals surface area contributed by atoms with Gasteiger partial charge in [-0.15, -0.1) is 0 Å². The van der Waals surface area contributed by atoms with Gasteiger partial charge in [0.2, 0.25) is 0 Å². The van der Waals surface area contributed by atoms with E-state index in [-0.39, 0.29) is 11.7 Å². The molecule has 0 amide bonds. The first-order chi connectivity index (χ1) is 8.20. The van der Waals surface area contributed by atoms with Gasteiger partial charge in [0, 0.05) is 17.4 Å². The van der Waals surface area contributed by atoms with Crippen LogP contribution in [0.3, 0.4) is 0 Å². The van der Waals surface area contributed by atoms with Gasteiger partial charge in [-0.25, -0.2) is 0 Å². The second kappa shape index (κ2) is 5.52. The normalized spacial score (nSPS) is 20.4. The molecule has 2 rings (SSSR count). The van der Waals surface area contributed by atoms with Crippen molar-refractivity contribution in [2.75, 3.05) is 20.3 Å². The highest BCUT2D eigenvalue weighted by Crippen LogP contribution is 2.26. The summed E-state index contributed by atoms with van der Waals surface area (Å²) in [7, 11) is 1.62. The zero-order valence-electron chi connectivity index (χ0n) is 9.74. The fourth-order valence-corrected chi connectivity index (χ4v) is 2.24. The lowest BCUT2D eigenvalue weighted by Crippen LogP contribution is -2.29. The fourth-order valence-electron chi connectivity index (χ4n) is 2.04. The molecular weight excluding hydrogens is 240 g/mol. The van der Waals surface area contributed by atoms with E-state index in [2.05, 4.69) is 0 Å². The lowest BCUT2D eigenvalue weighted by atomic mass is 9.92. The topological polar surface area (TPSA) is 35.5 Å². The first-order valence-electron chi connectivity index (χ1n) is 5.63. The van der Waals surface area contributed by atoms with E-state index in [1.165, 1.54) is 0 Å². The van der Waals surface area contributed by atoms with Crippen molar-refractivity contribution in [2.45, 2.75) is 12.8 Å². The van der Waals surface area contributed by atoms with Crippen molar-refractivity contribution in [2.24, 2.45) is 5.92 Å². The Bertz CT molecular complexity index is 417. The minimum atomic E-state index is -0.0730. The summed E-state index contributed by atoms with van der Waals surface area (Å²) in [5, 5.41) is 0.657. The van der Waals surface area contributed by atoms with Crippen LogP contribution in [0, 0.1) is 5.92 Å². The number of rotatable bonds is 3. The molecular formula is C13H15ClO3. The van der Waals surface area contributed by atoms with E-state index in [0.29, 0.717) is 31.1 Å². The van der Waals surface area contributed by atoms with Gasteiger partial charge in [0.1, 0.15) is 11.5 Å². The molecule has 1 aliphatic rings. The van der Waals surface area contributed by atoms with Crippen LogP contribution >= 0.6 is 11.6 Å². The standard InChI is InChI=1S/C13H15ClO3/c1-16-13-3-2-11(14)7-9(13)6-10-8-17-5-4-12(10)15/h2-3,7,10H,4-6,8H2,1H3. The molecule has 0 aliphatic carbocycles. The molecule has 1 aliphatic heterocycles. The Hall–Kier alpha value is -1.06. The van der Waals surface area contributed by atoms with E-state index in [0.717, 1.165) is 11.3 Å². The van der Waals surface area contributed by atoms with E-state index >= 15 is 0 Å². The zero-order valence-corrected chi connectivity index (χ0v) is 10.5. The number of halogens is 1. The number of hydrogen-bond donors (Lipinski definition) is 0. The van der Waals surface area contributed by atoms with Gasteiger partial charge in [-0.1, -0.05) is 11.6 Å². The molecule has 92 valence electrons. The summed E-state index contributed by atoms with van der Waals surface area (Å²) in [6.45, 7) is 1.04. The summed E-state index contributed by atoms with van der Waals surface area (Å²) in [5.41, 5.74) is 0.962. The third-order valence-corrected chi connectivity index (χ3v) is 3.21.